The van der Waals surface area contributed by atoms with Gasteiger partial charge in [0.15, 0.2) is 0 Å². The van der Waals surface area contributed by atoms with Crippen LogP contribution in [0.4, 0.5) is 5.82 Å². The standard InChI is InChI=1S/C17H21N3OS/c1-10-9-13-11(6-4-8-15(13)22-10)17(21)20-16(18)12-5-2-3-7-14(12)19-20/h9,11H,2-8,18H2,1H3. The number of anilines is 1. The van der Waals surface area contributed by atoms with Crippen LogP contribution in [0.5, 0.6) is 0 Å². The fraction of sp³-hybridized carbons (Fsp3) is 0.529. The Bertz CT molecular complexity index is 743. The molecule has 116 valence electrons. The molecule has 0 aliphatic heterocycles. The largest absolute Gasteiger partial charge is 0.383 e. The molecular formula is C17H21N3OS. The number of aryl methyl sites for hydroxylation is 3. The third kappa shape index (κ3) is 2.10. The van der Waals surface area contributed by atoms with Crippen molar-refractivity contribution in [1.82, 2.24) is 9.78 Å². The van der Waals surface area contributed by atoms with Crippen molar-refractivity contribution in [2.24, 2.45) is 0 Å². The molecule has 4 nitrogen and oxygen atoms in total. The average molecular weight is 315 g/mol. The van der Waals surface area contributed by atoms with E-state index in [0.717, 1.165) is 56.2 Å². The molecule has 0 amide bonds. The Hall–Kier alpha value is -1.62. The van der Waals surface area contributed by atoms with E-state index in [4.69, 9.17) is 5.73 Å². The summed E-state index contributed by atoms with van der Waals surface area (Å²) >= 11 is 1.82. The highest BCUT2D eigenvalue weighted by molar-refractivity contribution is 7.12. The molecule has 2 aliphatic rings. The van der Waals surface area contributed by atoms with Crippen molar-refractivity contribution < 1.29 is 4.79 Å². The zero-order valence-corrected chi connectivity index (χ0v) is 13.7. The van der Waals surface area contributed by atoms with Crippen LogP contribution in [0.2, 0.25) is 0 Å². The molecule has 0 spiro atoms. The number of aromatic nitrogens is 2. The first-order valence-corrected chi connectivity index (χ1v) is 8.96. The first kappa shape index (κ1) is 14.0. The number of nitrogens with zero attached hydrogens (tertiary/aromatic N) is 2. The number of fused-ring (bicyclic) bond motifs is 2. The quantitative estimate of drug-likeness (QED) is 0.876. The summed E-state index contributed by atoms with van der Waals surface area (Å²) in [5, 5.41) is 4.55. The number of nitrogen functional groups attached to an aromatic ring is 1. The van der Waals surface area contributed by atoms with Crippen LogP contribution in [0.1, 0.15) is 63.0 Å². The monoisotopic (exact) mass is 315 g/mol. The van der Waals surface area contributed by atoms with E-state index in [-0.39, 0.29) is 11.8 Å². The van der Waals surface area contributed by atoms with Gasteiger partial charge < -0.3 is 5.73 Å². The highest BCUT2D eigenvalue weighted by atomic mass is 32.1. The maximum Gasteiger partial charge on any atom is 0.256 e. The number of hydrogen-bond donors (Lipinski definition) is 1. The predicted octanol–water partition coefficient (Wildman–Crippen LogP) is 3.47. The van der Waals surface area contributed by atoms with Crippen LogP contribution in [-0.2, 0) is 19.3 Å². The van der Waals surface area contributed by atoms with E-state index >= 15 is 0 Å². The molecule has 0 fully saturated rings. The lowest BCUT2D eigenvalue weighted by atomic mass is 9.87. The van der Waals surface area contributed by atoms with Crippen molar-refractivity contribution in [1.29, 1.82) is 0 Å². The molecule has 4 rings (SSSR count). The second kappa shape index (κ2) is 5.23. The Morgan fingerprint density at radius 1 is 1.32 bits per heavy atom. The molecule has 1 atom stereocenters. The van der Waals surface area contributed by atoms with Gasteiger partial charge in [-0.25, -0.2) is 0 Å². The number of thiophene rings is 1. The molecule has 1 unspecified atom stereocenters. The van der Waals surface area contributed by atoms with Crippen molar-refractivity contribution in [3.8, 4) is 0 Å². The lowest BCUT2D eigenvalue weighted by molar-refractivity contribution is 0.0855. The van der Waals surface area contributed by atoms with Gasteiger partial charge in [0.25, 0.3) is 5.91 Å². The molecule has 2 aromatic rings. The second-order valence-corrected chi connectivity index (χ2v) is 7.79. The predicted molar refractivity (Wildman–Crippen MR) is 88.6 cm³/mol. The third-order valence-electron chi connectivity index (χ3n) is 4.94. The van der Waals surface area contributed by atoms with Gasteiger partial charge >= 0.3 is 0 Å². The van der Waals surface area contributed by atoms with Crippen LogP contribution in [-0.4, -0.2) is 15.7 Å². The van der Waals surface area contributed by atoms with Gasteiger partial charge in [-0.1, -0.05) is 0 Å². The topological polar surface area (TPSA) is 60.9 Å². The van der Waals surface area contributed by atoms with E-state index in [0.29, 0.717) is 5.82 Å². The number of hydrogen-bond acceptors (Lipinski definition) is 4. The van der Waals surface area contributed by atoms with Gasteiger partial charge in [-0.3, -0.25) is 4.79 Å². The van der Waals surface area contributed by atoms with Crippen molar-refractivity contribution in [2.75, 3.05) is 5.73 Å². The van der Waals surface area contributed by atoms with Crippen LogP contribution in [0.3, 0.4) is 0 Å². The summed E-state index contributed by atoms with van der Waals surface area (Å²) in [6, 6.07) is 2.18. The van der Waals surface area contributed by atoms with Gasteiger partial charge in [0.05, 0.1) is 11.6 Å². The summed E-state index contributed by atoms with van der Waals surface area (Å²) in [6.07, 6.45) is 7.29. The van der Waals surface area contributed by atoms with E-state index < -0.39 is 0 Å². The summed E-state index contributed by atoms with van der Waals surface area (Å²) in [4.78, 5) is 15.7. The van der Waals surface area contributed by atoms with Gasteiger partial charge in [-0.2, -0.15) is 9.78 Å². The molecular weight excluding hydrogens is 294 g/mol. The van der Waals surface area contributed by atoms with E-state index in [1.165, 1.54) is 20.0 Å². The fourth-order valence-corrected chi connectivity index (χ4v) is 4.98. The van der Waals surface area contributed by atoms with Gasteiger partial charge in [0.2, 0.25) is 0 Å². The molecule has 2 N–H and O–H groups in total. The molecule has 2 heterocycles. The summed E-state index contributed by atoms with van der Waals surface area (Å²) in [6.45, 7) is 2.12. The summed E-state index contributed by atoms with van der Waals surface area (Å²) in [5.74, 6) is 0.571. The highest BCUT2D eigenvalue weighted by Gasteiger charge is 2.32. The average Bonchev–Trinajstić information content (AvgIpc) is 3.06. The summed E-state index contributed by atoms with van der Waals surface area (Å²) in [5.41, 5.74) is 9.60. The van der Waals surface area contributed by atoms with Gasteiger partial charge in [0, 0.05) is 15.3 Å². The molecule has 0 bridgehead atoms. The Morgan fingerprint density at radius 3 is 2.95 bits per heavy atom. The number of carbonyl (C=O) groups excluding carboxylic acids is 1. The Morgan fingerprint density at radius 2 is 2.14 bits per heavy atom. The Kier molecular flexibility index (Phi) is 3.33. The van der Waals surface area contributed by atoms with Crippen LogP contribution in [0, 0.1) is 6.92 Å². The number of carbonyl (C=O) groups is 1. The Labute approximate surface area is 134 Å². The number of nitrogens with two attached hydrogens (primary N) is 1. The normalized spacial score (nSPS) is 20.5. The molecule has 0 radical (unpaired) electrons. The third-order valence-corrected chi connectivity index (χ3v) is 6.07. The maximum atomic E-state index is 13.0. The molecule has 0 saturated carbocycles. The Balaban J connectivity index is 1.72. The highest BCUT2D eigenvalue weighted by Crippen LogP contribution is 2.38. The number of rotatable bonds is 1. The van der Waals surface area contributed by atoms with Gasteiger partial charge in [-0.05, 0) is 63.5 Å². The van der Waals surface area contributed by atoms with Crippen LogP contribution in [0.25, 0.3) is 0 Å². The minimum atomic E-state index is -0.0719. The minimum Gasteiger partial charge on any atom is -0.383 e. The minimum absolute atomic E-state index is 0.0608. The van der Waals surface area contributed by atoms with Gasteiger partial charge in [-0.15, -0.1) is 11.3 Å². The fourth-order valence-electron chi connectivity index (χ4n) is 3.84. The van der Waals surface area contributed by atoms with Crippen LogP contribution >= 0.6 is 11.3 Å². The smallest absolute Gasteiger partial charge is 0.256 e. The second-order valence-electron chi connectivity index (χ2n) is 6.45. The van der Waals surface area contributed by atoms with Gasteiger partial charge in [0.1, 0.15) is 5.82 Å². The van der Waals surface area contributed by atoms with E-state index in [9.17, 15) is 4.79 Å². The molecule has 5 heteroatoms. The van der Waals surface area contributed by atoms with Crippen LogP contribution < -0.4 is 5.73 Å². The van der Waals surface area contributed by atoms with Crippen molar-refractivity contribution in [2.45, 2.75) is 57.8 Å². The first-order valence-electron chi connectivity index (χ1n) is 8.15. The molecule has 2 aromatic heterocycles. The lowest BCUT2D eigenvalue weighted by Gasteiger charge is -2.21. The van der Waals surface area contributed by atoms with Crippen molar-refractivity contribution in [3.05, 3.63) is 32.6 Å². The summed E-state index contributed by atoms with van der Waals surface area (Å²) < 4.78 is 1.50. The molecule has 2 aliphatic carbocycles. The first-order chi connectivity index (χ1) is 10.6. The van der Waals surface area contributed by atoms with E-state index in [1.54, 1.807) is 0 Å². The molecule has 0 aromatic carbocycles. The van der Waals surface area contributed by atoms with E-state index in [1.807, 2.05) is 11.3 Å². The van der Waals surface area contributed by atoms with Crippen molar-refractivity contribution >= 4 is 23.1 Å². The SMILES string of the molecule is Cc1cc2c(s1)CCCC2C(=O)n1nc2c(c1N)CCCC2. The zero-order valence-electron chi connectivity index (χ0n) is 12.9. The van der Waals surface area contributed by atoms with Crippen molar-refractivity contribution in [3.63, 3.8) is 0 Å². The van der Waals surface area contributed by atoms with E-state index in [2.05, 4.69) is 18.1 Å². The molecule has 0 saturated heterocycles. The zero-order chi connectivity index (χ0) is 15.3. The van der Waals surface area contributed by atoms with Crippen LogP contribution in [0.15, 0.2) is 6.07 Å². The lowest BCUT2D eigenvalue weighted by Crippen LogP contribution is -2.25. The summed E-state index contributed by atoms with van der Waals surface area (Å²) in [7, 11) is 0. The molecule has 22 heavy (non-hydrogen) atoms. The maximum absolute atomic E-state index is 13.0.